The van der Waals surface area contributed by atoms with E-state index in [1.54, 1.807) is 0 Å². The number of hydrogen-bond acceptors (Lipinski definition) is 5. The third-order valence-corrected chi connectivity index (χ3v) is 4.67. The largest absolute Gasteiger partial charge is 0.494 e. The lowest BCUT2D eigenvalue weighted by molar-refractivity contribution is -0.146. The molecule has 2 atom stereocenters. The van der Waals surface area contributed by atoms with E-state index in [0.717, 1.165) is 38.4 Å². The van der Waals surface area contributed by atoms with Crippen molar-refractivity contribution in [3.05, 3.63) is 29.8 Å². The average Bonchev–Trinajstić information content (AvgIpc) is 2.55. The van der Waals surface area contributed by atoms with E-state index >= 15 is 0 Å². The van der Waals surface area contributed by atoms with Gasteiger partial charge in [-0.1, -0.05) is 12.1 Å². The highest BCUT2D eigenvalue weighted by Gasteiger charge is 2.30. The highest BCUT2D eigenvalue weighted by Crippen LogP contribution is 2.16. The second kappa shape index (κ2) is 9.78. The van der Waals surface area contributed by atoms with Gasteiger partial charge in [0.1, 0.15) is 5.75 Å². The highest BCUT2D eigenvalue weighted by atomic mass is 16.5. The fourth-order valence-corrected chi connectivity index (χ4v) is 3.50. The maximum Gasteiger partial charge on any atom is 0.320 e. The van der Waals surface area contributed by atoms with Crippen molar-refractivity contribution in [2.45, 2.75) is 46.2 Å². The van der Waals surface area contributed by atoms with Crippen LogP contribution in [0.25, 0.3) is 0 Å². The molecule has 1 heterocycles. The smallest absolute Gasteiger partial charge is 0.320 e. The maximum absolute atomic E-state index is 11.8. The third kappa shape index (κ3) is 6.33. The van der Waals surface area contributed by atoms with Crippen molar-refractivity contribution in [1.82, 2.24) is 9.80 Å². The van der Waals surface area contributed by atoms with Crippen molar-refractivity contribution < 1.29 is 14.3 Å². The van der Waals surface area contributed by atoms with Crippen LogP contribution < -0.4 is 4.74 Å². The second-order valence-electron chi connectivity index (χ2n) is 6.95. The molecule has 0 spiro atoms. The summed E-state index contributed by atoms with van der Waals surface area (Å²) in [4.78, 5) is 16.5. The third-order valence-electron chi connectivity index (χ3n) is 4.67. The van der Waals surface area contributed by atoms with Gasteiger partial charge in [-0.15, -0.1) is 0 Å². The van der Waals surface area contributed by atoms with E-state index in [9.17, 15) is 4.79 Å². The van der Waals surface area contributed by atoms with Gasteiger partial charge in [0.25, 0.3) is 0 Å². The average molecular weight is 348 g/mol. The molecule has 1 aromatic carbocycles. The van der Waals surface area contributed by atoms with Gasteiger partial charge in [-0.25, -0.2) is 0 Å². The van der Waals surface area contributed by atoms with Crippen molar-refractivity contribution >= 4 is 5.97 Å². The predicted molar refractivity (Wildman–Crippen MR) is 100.0 cm³/mol. The molecule has 1 aromatic rings. The summed E-state index contributed by atoms with van der Waals surface area (Å²) in [7, 11) is 0. The highest BCUT2D eigenvalue weighted by molar-refractivity contribution is 5.71. The summed E-state index contributed by atoms with van der Waals surface area (Å²) in [6.45, 7) is 12.8. The quantitative estimate of drug-likeness (QED) is 0.534. The van der Waals surface area contributed by atoms with Crippen LogP contribution in [0.15, 0.2) is 24.3 Å². The van der Waals surface area contributed by atoms with Crippen LogP contribution in [0.2, 0.25) is 0 Å². The van der Waals surface area contributed by atoms with Crippen LogP contribution in [-0.2, 0) is 9.53 Å². The normalized spacial score (nSPS) is 21.9. The minimum absolute atomic E-state index is 0.124. The van der Waals surface area contributed by atoms with Crippen LogP contribution in [0.3, 0.4) is 0 Å². The number of nitrogens with zero attached hydrogens (tertiary/aromatic N) is 2. The summed E-state index contributed by atoms with van der Waals surface area (Å²) < 4.78 is 10.9. The summed E-state index contributed by atoms with van der Waals surface area (Å²) in [6, 6.07) is 8.88. The van der Waals surface area contributed by atoms with Crippen molar-refractivity contribution in [3.63, 3.8) is 0 Å². The molecule has 5 nitrogen and oxygen atoms in total. The molecule has 5 heteroatoms. The molecule has 0 aliphatic carbocycles. The zero-order valence-electron chi connectivity index (χ0n) is 16.0. The number of hydrogen-bond donors (Lipinski definition) is 0. The first-order valence-corrected chi connectivity index (χ1v) is 9.32. The molecule has 0 N–H and O–H groups in total. The molecule has 1 aliphatic heterocycles. The Morgan fingerprint density at radius 2 is 1.96 bits per heavy atom. The van der Waals surface area contributed by atoms with Crippen LogP contribution in [0.4, 0.5) is 0 Å². The predicted octanol–water partition coefficient (Wildman–Crippen LogP) is 2.72. The second-order valence-corrected chi connectivity index (χ2v) is 6.95. The number of piperazine rings is 1. The number of aryl methyl sites for hydroxylation is 1. The molecule has 0 bridgehead atoms. The first-order valence-electron chi connectivity index (χ1n) is 9.32. The summed E-state index contributed by atoms with van der Waals surface area (Å²) in [5.74, 6) is 0.821. The Kier molecular flexibility index (Phi) is 7.72. The lowest BCUT2D eigenvalue weighted by Gasteiger charge is -2.44. The van der Waals surface area contributed by atoms with Crippen molar-refractivity contribution in [2.75, 3.05) is 39.4 Å². The van der Waals surface area contributed by atoms with E-state index in [1.165, 1.54) is 5.56 Å². The number of esters is 1. The van der Waals surface area contributed by atoms with Crippen molar-refractivity contribution in [1.29, 1.82) is 0 Å². The molecule has 25 heavy (non-hydrogen) atoms. The molecule has 0 unspecified atom stereocenters. The molecule has 0 aromatic heterocycles. The molecule has 0 saturated carbocycles. The Morgan fingerprint density at radius 3 is 2.60 bits per heavy atom. The van der Waals surface area contributed by atoms with Crippen LogP contribution in [0, 0.1) is 6.92 Å². The molecule has 1 fully saturated rings. The van der Waals surface area contributed by atoms with Crippen molar-refractivity contribution in [2.24, 2.45) is 0 Å². The van der Waals surface area contributed by atoms with E-state index in [1.807, 2.05) is 19.1 Å². The Hall–Kier alpha value is -1.59. The SMILES string of the molecule is CCOC(=O)CN1[C@H](C)CN(CCCOc2cccc(C)c2)C[C@@H]1C. The molecule has 140 valence electrons. The van der Waals surface area contributed by atoms with Crippen LogP contribution in [0.5, 0.6) is 5.75 Å². The Morgan fingerprint density at radius 1 is 1.24 bits per heavy atom. The van der Waals surface area contributed by atoms with Gasteiger partial charge in [0.2, 0.25) is 0 Å². The van der Waals surface area contributed by atoms with E-state index in [0.29, 0.717) is 25.2 Å². The molecule has 0 radical (unpaired) electrons. The fourth-order valence-electron chi connectivity index (χ4n) is 3.50. The van der Waals surface area contributed by atoms with Crippen LogP contribution >= 0.6 is 0 Å². The lowest BCUT2D eigenvalue weighted by atomic mass is 10.1. The number of ether oxygens (including phenoxy) is 2. The molecular weight excluding hydrogens is 316 g/mol. The van der Waals surface area contributed by atoms with Gasteiger partial charge in [0, 0.05) is 31.7 Å². The van der Waals surface area contributed by atoms with Gasteiger partial charge in [-0.05, 0) is 51.8 Å². The zero-order valence-corrected chi connectivity index (χ0v) is 16.0. The first kappa shape index (κ1) is 19.7. The monoisotopic (exact) mass is 348 g/mol. The Labute approximate surface area is 151 Å². The van der Waals surface area contributed by atoms with Crippen LogP contribution in [-0.4, -0.2) is 67.2 Å². The molecule has 1 saturated heterocycles. The Bertz CT molecular complexity index is 537. The van der Waals surface area contributed by atoms with Gasteiger partial charge in [-0.3, -0.25) is 9.69 Å². The summed E-state index contributed by atoms with van der Waals surface area (Å²) >= 11 is 0. The van der Waals surface area contributed by atoms with Crippen LogP contribution in [0.1, 0.15) is 32.8 Å². The summed E-state index contributed by atoms with van der Waals surface area (Å²) in [6.07, 6.45) is 1.01. The topological polar surface area (TPSA) is 42.0 Å². The van der Waals surface area contributed by atoms with Crippen molar-refractivity contribution in [3.8, 4) is 5.75 Å². The number of carbonyl (C=O) groups is 1. The van der Waals surface area contributed by atoms with E-state index in [2.05, 4.69) is 42.7 Å². The van der Waals surface area contributed by atoms with Gasteiger partial charge in [-0.2, -0.15) is 0 Å². The molecule has 1 aliphatic rings. The van der Waals surface area contributed by atoms with E-state index in [4.69, 9.17) is 9.47 Å². The standard InChI is InChI=1S/C20H32N2O3/c1-5-24-20(23)15-22-17(3)13-21(14-18(22)4)10-7-11-25-19-9-6-8-16(2)12-19/h6,8-9,12,17-18H,5,7,10-11,13-15H2,1-4H3/t17-,18+. The summed E-state index contributed by atoms with van der Waals surface area (Å²) in [5.41, 5.74) is 1.22. The van der Waals surface area contributed by atoms with Gasteiger partial charge in [0.05, 0.1) is 19.8 Å². The minimum atomic E-state index is -0.124. The van der Waals surface area contributed by atoms with E-state index < -0.39 is 0 Å². The zero-order chi connectivity index (χ0) is 18.2. The van der Waals surface area contributed by atoms with E-state index in [-0.39, 0.29) is 5.97 Å². The lowest BCUT2D eigenvalue weighted by Crippen LogP contribution is -2.58. The first-order chi connectivity index (χ1) is 12.0. The van der Waals surface area contributed by atoms with Gasteiger partial charge < -0.3 is 14.4 Å². The molecular formula is C20H32N2O3. The molecule has 0 amide bonds. The number of rotatable bonds is 8. The number of benzene rings is 1. The minimum Gasteiger partial charge on any atom is -0.494 e. The fraction of sp³-hybridized carbons (Fsp3) is 0.650. The van der Waals surface area contributed by atoms with Gasteiger partial charge in [0.15, 0.2) is 0 Å². The van der Waals surface area contributed by atoms with Gasteiger partial charge >= 0.3 is 5.97 Å². The Balaban J connectivity index is 1.71. The maximum atomic E-state index is 11.8. The summed E-state index contributed by atoms with van der Waals surface area (Å²) in [5, 5.41) is 0. The molecule has 2 rings (SSSR count). The number of carbonyl (C=O) groups excluding carboxylic acids is 1.